The smallest absolute Gasteiger partial charge is 0.407 e. The molecule has 0 aromatic heterocycles. The van der Waals surface area contributed by atoms with Crippen LogP contribution in [0.4, 0.5) is 42.0 Å². The number of alkyl carbamates (subject to hydrolysis) is 1. The molecule has 87 heavy (non-hydrogen) atoms. The third-order valence-electron chi connectivity index (χ3n) is 14.2. The number of benzene rings is 2. The van der Waals surface area contributed by atoms with E-state index in [0.717, 1.165) is 55.5 Å². The maximum atomic E-state index is 13.4. The number of rotatable bonds is 29. The van der Waals surface area contributed by atoms with Gasteiger partial charge in [-0.15, -0.1) is 0 Å². The number of urea groups is 1. The van der Waals surface area contributed by atoms with Crippen LogP contribution in [0.2, 0.25) is 0 Å². The summed E-state index contributed by atoms with van der Waals surface area (Å²) in [7, 11) is 3.16. The number of hydrogen-bond donors (Lipinski definition) is 9. The summed E-state index contributed by atoms with van der Waals surface area (Å²) in [5.41, 5.74) is 18.7. The standard InChI is InChI=1S/C25H40N6O6.C17H32N4O3.C16H19F5O3.C2H6/c1-5-6-9-20(32)31-21(16(2)3)23(34)30-19(8-7-14-28-24(26)35)22(33)29-18-12-10-17(11-13-18)15-37-25(36)27-4;1-17(2,8-9-23-3)21(20)15-7-5-12-11(4-6-14(15)18)13(12)10-24-16(19)22;1-8(2)7-23-16(3,4)6-5-9(22)24-15-13(20)11(18)10(17)12(19)14(15)21;1-2/h10-13,16,19,21H,5-9,14-15H2,1-4H3,(H,27,36)(H,29,33)(H,30,34)(H,31,32)(H3,26,28,35);11-13H,4-10,18,20H2,1-3H3,(H2,19,22);8H,5-7H2,1-4H3;1-2H3/b;15-14-;;. The number of primary amides is 2. The van der Waals surface area contributed by atoms with E-state index in [1.54, 1.807) is 45.2 Å². The highest BCUT2D eigenvalue weighted by Crippen LogP contribution is 2.54. The van der Waals surface area contributed by atoms with Gasteiger partial charge in [0.1, 0.15) is 18.7 Å². The van der Waals surface area contributed by atoms with Crippen LogP contribution < -0.4 is 54.4 Å². The summed E-state index contributed by atoms with van der Waals surface area (Å²) in [6.45, 7) is 22.9. The van der Waals surface area contributed by atoms with E-state index in [4.69, 9.17) is 42.0 Å². The maximum Gasteiger partial charge on any atom is 0.407 e. The molecule has 7 amide bonds. The van der Waals surface area contributed by atoms with Crippen LogP contribution in [-0.4, -0.2) is 111 Å². The Bertz CT molecular complexity index is 2530. The van der Waals surface area contributed by atoms with E-state index < -0.39 is 88.5 Å². The van der Waals surface area contributed by atoms with Crippen molar-refractivity contribution in [2.24, 2.45) is 52.6 Å². The van der Waals surface area contributed by atoms with Crippen LogP contribution in [0.1, 0.15) is 159 Å². The van der Waals surface area contributed by atoms with Gasteiger partial charge in [-0.1, -0.05) is 67.0 Å². The first-order valence-electron chi connectivity index (χ1n) is 29.5. The number of nitrogens with two attached hydrogens (primary N) is 4. The molecule has 27 heteroatoms. The van der Waals surface area contributed by atoms with Crippen LogP contribution in [-0.2, 0) is 44.7 Å². The Labute approximate surface area is 509 Å². The number of halogens is 5. The van der Waals surface area contributed by atoms with Gasteiger partial charge in [-0.25, -0.2) is 33.4 Å². The van der Waals surface area contributed by atoms with E-state index in [0.29, 0.717) is 62.5 Å². The summed E-state index contributed by atoms with van der Waals surface area (Å²) in [6, 6.07) is 4.29. The highest BCUT2D eigenvalue weighted by Gasteiger charge is 2.50. The second-order valence-corrected chi connectivity index (χ2v) is 22.8. The van der Waals surface area contributed by atoms with Crippen LogP contribution in [0.5, 0.6) is 5.75 Å². The third kappa shape index (κ3) is 28.1. The number of ether oxygens (including phenoxy) is 5. The Balaban J connectivity index is 0.000000665. The van der Waals surface area contributed by atoms with Gasteiger partial charge >= 0.3 is 24.2 Å². The fourth-order valence-corrected chi connectivity index (χ4v) is 8.86. The molecule has 4 rings (SSSR count). The summed E-state index contributed by atoms with van der Waals surface area (Å²) < 4.78 is 90.9. The van der Waals surface area contributed by atoms with Crippen LogP contribution in [0.25, 0.3) is 0 Å². The van der Waals surface area contributed by atoms with Gasteiger partial charge in [0.2, 0.25) is 52.6 Å². The van der Waals surface area contributed by atoms with Gasteiger partial charge in [0.25, 0.3) is 0 Å². The third-order valence-corrected chi connectivity index (χ3v) is 14.2. The first kappa shape index (κ1) is 78.0. The predicted molar refractivity (Wildman–Crippen MR) is 319 cm³/mol. The van der Waals surface area contributed by atoms with Crippen LogP contribution in [0.15, 0.2) is 35.7 Å². The number of allylic oxidation sites excluding steroid dienone is 2. The molecule has 2 aliphatic carbocycles. The summed E-state index contributed by atoms with van der Waals surface area (Å²) in [6.07, 6.45) is 5.63. The number of unbranched alkanes of at least 4 members (excludes halogenated alkanes) is 1. The molecule has 1 saturated carbocycles. The van der Waals surface area contributed by atoms with E-state index in [9.17, 15) is 55.5 Å². The summed E-state index contributed by atoms with van der Waals surface area (Å²) in [5.74, 6) is -6.83. The van der Waals surface area contributed by atoms with Crippen molar-refractivity contribution < 1.29 is 79.2 Å². The lowest BCUT2D eigenvalue weighted by Crippen LogP contribution is -2.54. The number of fused-ring (bicyclic) bond motifs is 1. The zero-order valence-electron chi connectivity index (χ0n) is 52.9. The SMILES string of the molecule is CC.CC(C)COC(C)(C)CCC(=O)Oc1c(F)c(F)c(F)c(F)c1F.CCCCC(=O)NC(C(=O)NC(CCCNC(N)=O)C(=O)Nc1ccc(COC(=O)NC)cc1)C(C)C.COCCC(C)(C)N(N)/C1=C(\N)CCC2C(CC1)C2COC(N)=O. The lowest BCUT2D eigenvalue weighted by molar-refractivity contribution is -0.137. The fourth-order valence-electron chi connectivity index (χ4n) is 8.86. The van der Waals surface area contributed by atoms with Crippen molar-refractivity contribution in [3.05, 3.63) is 70.3 Å². The van der Waals surface area contributed by atoms with Gasteiger partial charge in [-0.05, 0) is 133 Å². The molecule has 5 unspecified atom stereocenters. The van der Waals surface area contributed by atoms with Gasteiger partial charge in [-0.3, -0.25) is 19.2 Å². The topological polar surface area (TPSA) is 333 Å². The Hall–Kier alpha value is -7.00. The van der Waals surface area contributed by atoms with E-state index in [2.05, 4.69) is 45.2 Å². The number of nitrogens with one attached hydrogen (secondary N) is 5. The minimum atomic E-state index is -2.31. The molecule has 2 aliphatic rings. The van der Waals surface area contributed by atoms with E-state index in [1.807, 2.05) is 53.5 Å². The zero-order valence-corrected chi connectivity index (χ0v) is 52.9. The zero-order chi connectivity index (χ0) is 66.4. The van der Waals surface area contributed by atoms with Gasteiger partial charge in [0, 0.05) is 63.8 Å². The largest absolute Gasteiger partial charge is 0.449 e. The number of amides is 7. The molecule has 494 valence electrons. The van der Waals surface area contributed by atoms with E-state index >= 15 is 0 Å². The number of hydrogen-bond acceptors (Lipinski definition) is 15. The van der Waals surface area contributed by atoms with Gasteiger partial charge in [0.05, 0.1) is 17.7 Å². The van der Waals surface area contributed by atoms with Crippen molar-refractivity contribution in [2.75, 3.05) is 45.8 Å². The predicted octanol–water partition coefficient (Wildman–Crippen LogP) is 8.97. The lowest BCUT2D eigenvalue weighted by atomic mass is 9.95. The molecule has 13 N–H and O–H groups in total. The van der Waals surface area contributed by atoms with Crippen LogP contribution in [0.3, 0.4) is 0 Å². The highest BCUT2D eigenvalue weighted by molar-refractivity contribution is 5.98. The fraction of sp³-hybridized carbons (Fsp3) is 0.650. The average molecular weight is 1250 g/mol. The van der Waals surface area contributed by atoms with E-state index in [-0.39, 0.29) is 55.7 Å². The highest BCUT2D eigenvalue weighted by atomic mass is 19.2. The van der Waals surface area contributed by atoms with Crippen LogP contribution >= 0.6 is 0 Å². The molecule has 2 aromatic carbocycles. The molecule has 5 atom stereocenters. The second kappa shape index (κ2) is 39.0. The number of carbonyl (C=O) groups excluding carboxylic acids is 7. The summed E-state index contributed by atoms with van der Waals surface area (Å²) in [4.78, 5) is 83.0. The van der Waals surface area contributed by atoms with Gasteiger partial charge in [0.15, 0.2) is 0 Å². The number of nitrogens with zero attached hydrogens (tertiary/aromatic N) is 1. The number of methoxy groups -OCH3 is 1. The van der Waals surface area contributed by atoms with Crippen molar-refractivity contribution >= 4 is 47.6 Å². The number of anilines is 1. The number of hydrazine groups is 1. The minimum Gasteiger partial charge on any atom is -0.449 e. The van der Waals surface area contributed by atoms with Crippen LogP contribution in [0, 0.1) is 58.7 Å². The van der Waals surface area contributed by atoms with E-state index in [1.165, 1.54) is 7.05 Å². The lowest BCUT2D eigenvalue weighted by Gasteiger charge is -2.39. The summed E-state index contributed by atoms with van der Waals surface area (Å²) >= 11 is 0. The maximum absolute atomic E-state index is 13.4. The molecule has 0 spiro atoms. The number of esters is 1. The molecule has 2 aromatic rings. The molecule has 0 bridgehead atoms. The molecule has 0 heterocycles. The average Bonchev–Trinajstić information content (AvgIpc) is 1.75. The van der Waals surface area contributed by atoms with Gasteiger partial charge < -0.3 is 72.5 Å². The number of carbonyl (C=O) groups is 7. The van der Waals surface area contributed by atoms with Crippen molar-refractivity contribution in [2.45, 2.75) is 183 Å². The first-order chi connectivity index (χ1) is 40.8. The first-order valence-corrected chi connectivity index (χ1v) is 29.5. The quantitative estimate of drug-likeness (QED) is 0.00536. The van der Waals surface area contributed by atoms with Crippen molar-refractivity contribution in [3.8, 4) is 5.75 Å². The Morgan fingerprint density at radius 2 is 1.37 bits per heavy atom. The molecule has 0 radical (unpaired) electrons. The van der Waals surface area contributed by atoms with Crippen molar-refractivity contribution in [1.82, 2.24) is 26.3 Å². The summed E-state index contributed by atoms with van der Waals surface area (Å²) in [5, 5.41) is 14.9. The van der Waals surface area contributed by atoms with Crippen molar-refractivity contribution in [3.63, 3.8) is 0 Å². The Morgan fingerprint density at radius 1 is 0.782 bits per heavy atom. The molecular weight excluding hydrogens is 1150 g/mol. The van der Waals surface area contributed by atoms with Gasteiger partial charge in [-0.2, -0.15) is 8.78 Å². The monoisotopic (exact) mass is 1240 g/mol. The molecule has 1 fully saturated rings. The molecule has 0 aliphatic heterocycles. The molecule has 0 saturated heterocycles. The molecular formula is C60H97F5N10O12. The Morgan fingerprint density at radius 3 is 1.90 bits per heavy atom. The van der Waals surface area contributed by atoms with Crippen molar-refractivity contribution in [1.29, 1.82) is 0 Å². The minimum absolute atomic E-state index is 0.0695. The second-order valence-electron chi connectivity index (χ2n) is 22.8. The molecule has 22 nitrogen and oxygen atoms in total. The normalized spacial score (nSPS) is 16.8. The Kier molecular flexibility index (Phi) is 35.0.